The maximum atomic E-state index is 13.8. The molecule has 0 aromatic heterocycles. The molecular weight excluding hydrogens is 323 g/mol. The van der Waals surface area contributed by atoms with Crippen LogP contribution in [0.1, 0.15) is 34.5 Å². The summed E-state index contributed by atoms with van der Waals surface area (Å²) >= 11 is 6.06. The number of hydrogen-bond acceptors (Lipinski definition) is 3. The SMILES string of the molecule is Cc1c(F)cc(C(=O)NC(C)c2ccccc2Cl)cc1[N+](=O)[O-]. The molecule has 1 atom stereocenters. The number of halogens is 2. The third kappa shape index (κ3) is 3.65. The number of nitrogens with zero attached hydrogens (tertiary/aromatic N) is 1. The quantitative estimate of drug-likeness (QED) is 0.672. The van der Waals surface area contributed by atoms with Crippen LogP contribution in [0, 0.1) is 22.9 Å². The average molecular weight is 337 g/mol. The lowest BCUT2D eigenvalue weighted by molar-refractivity contribution is -0.385. The van der Waals surface area contributed by atoms with Crippen LogP contribution >= 0.6 is 11.6 Å². The molecule has 1 amide bonds. The van der Waals surface area contributed by atoms with Gasteiger partial charge < -0.3 is 5.32 Å². The highest BCUT2D eigenvalue weighted by Gasteiger charge is 2.21. The van der Waals surface area contributed by atoms with Gasteiger partial charge in [-0.1, -0.05) is 29.8 Å². The fourth-order valence-electron chi connectivity index (χ4n) is 2.17. The van der Waals surface area contributed by atoms with Gasteiger partial charge in [-0.25, -0.2) is 4.39 Å². The van der Waals surface area contributed by atoms with Crippen LogP contribution < -0.4 is 5.32 Å². The molecule has 0 aliphatic rings. The van der Waals surface area contributed by atoms with Gasteiger partial charge in [-0.3, -0.25) is 14.9 Å². The van der Waals surface area contributed by atoms with Gasteiger partial charge in [0.05, 0.1) is 16.5 Å². The summed E-state index contributed by atoms with van der Waals surface area (Å²) in [6.45, 7) is 3.01. The van der Waals surface area contributed by atoms with E-state index < -0.39 is 28.4 Å². The van der Waals surface area contributed by atoms with Gasteiger partial charge in [-0.15, -0.1) is 0 Å². The van der Waals surface area contributed by atoms with Gasteiger partial charge in [0.2, 0.25) is 0 Å². The zero-order valence-corrected chi connectivity index (χ0v) is 13.2. The molecule has 5 nitrogen and oxygen atoms in total. The predicted octanol–water partition coefficient (Wildman–Crippen LogP) is 4.19. The molecule has 0 aliphatic heterocycles. The monoisotopic (exact) mass is 336 g/mol. The summed E-state index contributed by atoms with van der Waals surface area (Å²) in [5.74, 6) is -1.41. The number of carbonyl (C=O) groups is 1. The van der Waals surface area contributed by atoms with E-state index in [1.807, 2.05) is 0 Å². The second-order valence-corrected chi connectivity index (χ2v) is 5.48. The first-order valence-electron chi connectivity index (χ1n) is 6.81. The molecular formula is C16H14ClFN2O3. The van der Waals surface area contributed by atoms with Crippen molar-refractivity contribution in [2.24, 2.45) is 0 Å². The highest BCUT2D eigenvalue weighted by Crippen LogP contribution is 2.25. The van der Waals surface area contributed by atoms with Crippen molar-refractivity contribution in [3.8, 4) is 0 Å². The minimum Gasteiger partial charge on any atom is -0.345 e. The number of amides is 1. The minimum atomic E-state index is -0.797. The standard InChI is InChI=1S/C16H14ClFN2O3/c1-9-14(18)7-11(8-15(9)20(22)23)16(21)19-10(2)12-5-3-4-6-13(12)17/h3-8,10H,1-2H3,(H,19,21). The molecule has 0 radical (unpaired) electrons. The Kier molecular flexibility index (Phi) is 4.95. The van der Waals surface area contributed by atoms with E-state index in [9.17, 15) is 19.3 Å². The van der Waals surface area contributed by atoms with Crippen molar-refractivity contribution >= 4 is 23.2 Å². The van der Waals surface area contributed by atoms with Gasteiger partial charge >= 0.3 is 0 Å². The van der Waals surface area contributed by atoms with Crippen LogP contribution in [0.5, 0.6) is 0 Å². The Morgan fingerprint density at radius 3 is 2.61 bits per heavy atom. The van der Waals surface area contributed by atoms with Crippen molar-refractivity contribution in [3.63, 3.8) is 0 Å². The lowest BCUT2D eigenvalue weighted by atomic mass is 10.1. The van der Waals surface area contributed by atoms with E-state index >= 15 is 0 Å². The van der Waals surface area contributed by atoms with Crippen molar-refractivity contribution in [2.75, 3.05) is 0 Å². The van der Waals surface area contributed by atoms with Crippen LogP contribution in [0.15, 0.2) is 36.4 Å². The third-order valence-electron chi connectivity index (χ3n) is 3.50. The summed E-state index contributed by atoms with van der Waals surface area (Å²) in [5.41, 5.74) is 0.0505. The van der Waals surface area contributed by atoms with E-state index in [0.717, 1.165) is 12.1 Å². The van der Waals surface area contributed by atoms with Crippen molar-refractivity contribution in [2.45, 2.75) is 19.9 Å². The number of nitrogens with one attached hydrogen (secondary N) is 1. The topological polar surface area (TPSA) is 72.2 Å². The Morgan fingerprint density at radius 1 is 1.35 bits per heavy atom. The molecule has 0 aliphatic carbocycles. The molecule has 2 aromatic rings. The van der Waals surface area contributed by atoms with Crippen LogP contribution in [0.4, 0.5) is 10.1 Å². The van der Waals surface area contributed by atoms with Crippen molar-refractivity contribution in [1.29, 1.82) is 0 Å². The smallest absolute Gasteiger partial charge is 0.276 e. The summed E-state index contributed by atoms with van der Waals surface area (Å²) in [7, 11) is 0. The summed E-state index contributed by atoms with van der Waals surface area (Å²) in [6.07, 6.45) is 0. The third-order valence-corrected chi connectivity index (χ3v) is 3.84. The summed E-state index contributed by atoms with van der Waals surface area (Å²) in [4.78, 5) is 22.4. The molecule has 0 fully saturated rings. The molecule has 0 heterocycles. The molecule has 0 saturated heterocycles. The molecule has 0 saturated carbocycles. The fraction of sp³-hybridized carbons (Fsp3) is 0.188. The molecule has 2 rings (SSSR count). The van der Waals surface area contributed by atoms with Gasteiger partial charge in [0.25, 0.3) is 11.6 Å². The molecule has 7 heteroatoms. The summed E-state index contributed by atoms with van der Waals surface area (Å²) < 4.78 is 13.8. The minimum absolute atomic E-state index is 0.106. The van der Waals surface area contributed by atoms with Gasteiger partial charge in [-0.2, -0.15) is 0 Å². The van der Waals surface area contributed by atoms with Crippen LogP contribution in [-0.2, 0) is 0 Å². The zero-order chi connectivity index (χ0) is 17.1. The number of hydrogen-bond donors (Lipinski definition) is 1. The summed E-state index contributed by atoms with van der Waals surface area (Å²) in [6, 6.07) is 8.60. The van der Waals surface area contributed by atoms with Crippen molar-refractivity contribution in [1.82, 2.24) is 5.32 Å². The number of rotatable bonds is 4. The maximum absolute atomic E-state index is 13.8. The fourth-order valence-corrected chi connectivity index (χ4v) is 2.47. The van der Waals surface area contributed by atoms with Crippen molar-refractivity contribution < 1.29 is 14.1 Å². The van der Waals surface area contributed by atoms with Crippen LogP contribution in [0.25, 0.3) is 0 Å². The number of nitro benzene ring substituents is 1. The van der Waals surface area contributed by atoms with Crippen molar-refractivity contribution in [3.05, 3.63) is 74.0 Å². The Morgan fingerprint density at radius 2 is 2.00 bits per heavy atom. The lowest BCUT2D eigenvalue weighted by Gasteiger charge is -2.16. The first kappa shape index (κ1) is 16.9. The largest absolute Gasteiger partial charge is 0.345 e. The van der Waals surface area contributed by atoms with Gasteiger partial charge in [0.1, 0.15) is 5.82 Å². The highest BCUT2D eigenvalue weighted by atomic mass is 35.5. The predicted molar refractivity (Wildman–Crippen MR) is 85.1 cm³/mol. The first-order chi connectivity index (χ1) is 10.8. The van der Waals surface area contributed by atoms with E-state index in [4.69, 9.17) is 11.6 Å². The average Bonchev–Trinajstić information content (AvgIpc) is 2.49. The molecule has 0 spiro atoms. The van der Waals surface area contributed by atoms with Crippen LogP contribution in [0.2, 0.25) is 5.02 Å². The van der Waals surface area contributed by atoms with Crippen LogP contribution in [0.3, 0.4) is 0 Å². The number of benzene rings is 2. The van der Waals surface area contributed by atoms with Gasteiger partial charge in [-0.05, 0) is 31.5 Å². The Hall–Kier alpha value is -2.47. The number of nitro groups is 1. The van der Waals surface area contributed by atoms with Crippen LogP contribution in [-0.4, -0.2) is 10.8 Å². The summed E-state index contributed by atoms with van der Waals surface area (Å²) in [5, 5.41) is 14.1. The van der Waals surface area contributed by atoms with Gasteiger partial charge in [0, 0.05) is 16.7 Å². The van der Waals surface area contributed by atoms with E-state index in [-0.39, 0.29) is 11.1 Å². The van der Waals surface area contributed by atoms with E-state index in [1.54, 1.807) is 31.2 Å². The normalized spacial score (nSPS) is 11.8. The van der Waals surface area contributed by atoms with E-state index in [2.05, 4.69) is 5.32 Å². The molecule has 2 aromatic carbocycles. The molecule has 23 heavy (non-hydrogen) atoms. The lowest BCUT2D eigenvalue weighted by Crippen LogP contribution is -2.27. The maximum Gasteiger partial charge on any atom is 0.276 e. The molecule has 120 valence electrons. The Labute approximate surface area is 137 Å². The Bertz CT molecular complexity index is 780. The molecule has 0 bridgehead atoms. The second-order valence-electron chi connectivity index (χ2n) is 5.08. The zero-order valence-electron chi connectivity index (χ0n) is 12.5. The first-order valence-corrected chi connectivity index (χ1v) is 7.19. The Balaban J connectivity index is 2.28. The van der Waals surface area contributed by atoms with E-state index in [1.165, 1.54) is 6.92 Å². The van der Waals surface area contributed by atoms with E-state index in [0.29, 0.717) is 10.6 Å². The number of carbonyl (C=O) groups excluding carboxylic acids is 1. The second kappa shape index (κ2) is 6.75. The highest BCUT2D eigenvalue weighted by molar-refractivity contribution is 6.31. The molecule has 1 N–H and O–H groups in total. The molecule has 1 unspecified atom stereocenters. The van der Waals surface area contributed by atoms with Gasteiger partial charge in [0.15, 0.2) is 0 Å².